The molecule has 0 heterocycles. The molecular weight excluding hydrogens is 310 g/mol. The standard InChI is InChI=1S/C14H19NO6S/c1-10(2)22(19,20)12-6-4-3-5-11(12)14(18)15-7-8-21-9-13(16)17/h3-6,10H,7-9H2,1-2H3,(H,15,18)(H,16,17). The van der Waals surface area contributed by atoms with Crippen molar-refractivity contribution in [3.8, 4) is 0 Å². The van der Waals surface area contributed by atoms with Gasteiger partial charge in [-0.15, -0.1) is 0 Å². The molecule has 0 saturated heterocycles. The lowest BCUT2D eigenvalue weighted by atomic mass is 10.2. The molecule has 0 radical (unpaired) electrons. The van der Waals surface area contributed by atoms with Crippen LogP contribution in [0.4, 0.5) is 0 Å². The highest BCUT2D eigenvalue weighted by Crippen LogP contribution is 2.20. The molecule has 0 spiro atoms. The Morgan fingerprint density at radius 1 is 1.27 bits per heavy atom. The Balaban J connectivity index is 2.77. The van der Waals surface area contributed by atoms with Gasteiger partial charge in [0, 0.05) is 6.54 Å². The summed E-state index contributed by atoms with van der Waals surface area (Å²) in [6.07, 6.45) is 0. The third kappa shape index (κ3) is 4.81. The average molecular weight is 329 g/mol. The van der Waals surface area contributed by atoms with E-state index in [1.807, 2.05) is 0 Å². The van der Waals surface area contributed by atoms with Gasteiger partial charge in [0.25, 0.3) is 5.91 Å². The molecule has 0 aliphatic heterocycles. The molecule has 0 unspecified atom stereocenters. The zero-order valence-corrected chi connectivity index (χ0v) is 13.2. The molecule has 0 bridgehead atoms. The number of carboxylic acid groups (broad SMARTS) is 1. The number of carboxylic acids is 1. The molecule has 1 aromatic carbocycles. The Labute approximate surface area is 129 Å². The number of rotatable bonds is 8. The highest BCUT2D eigenvalue weighted by Gasteiger charge is 2.24. The van der Waals surface area contributed by atoms with Gasteiger partial charge < -0.3 is 15.2 Å². The molecule has 1 rings (SSSR count). The molecule has 0 atom stereocenters. The van der Waals surface area contributed by atoms with Crippen molar-refractivity contribution in [3.63, 3.8) is 0 Å². The number of aliphatic carboxylic acids is 1. The van der Waals surface area contributed by atoms with E-state index in [4.69, 9.17) is 9.84 Å². The number of benzene rings is 1. The molecule has 2 N–H and O–H groups in total. The summed E-state index contributed by atoms with van der Waals surface area (Å²) in [5, 5.41) is 10.3. The van der Waals surface area contributed by atoms with Crippen LogP contribution in [0, 0.1) is 0 Å². The van der Waals surface area contributed by atoms with Gasteiger partial charge in [-0.2, -0.15) is 0 Å². The number of sulfone groups is 1. The van der Waals surface area contributed by atoms with Crippen molar-refractivity contribution in [1.82, 2.24) is 5.32 Å². The third-order valence-corrected chi connectivity index (χ3v) is 5.03. The van der Waals surface area contributed by atoms with E-state index < -0.39 is 33.6 Å². The quantitative estimate of drug-likeness (QED) is 0.679. The minimum Gasteiger partial charge on any atom is -0.480 e. The minimum absolute atomic E-state index is 0.0195. The lowest BCUT2D eigenvalue weighted by Gasteiger charge is -2.13. The van der Waals surface area contributed by atoms with Gasteiger partial charge in [-0.05, 0) is 26.0 Å². The normalized spacial score (nSPS) is 11.4. The van der Waals surface area contributed by atoms with Gasteiger partial charge in [0.15, 0.2) is 9.84 Å². The largest absolute Gasteiger partial charge is 0.480 e. The molecule has 122 valence electrons. The number of hydrogen-bond acceptors (Lipinski definition) is 5. The maximum Gasteiger partial charge on any atom is 0.329 e. The van der Waals surface area contributed by atoms with Crippen LogP contribution >= 0.6 is 0 Å². The van der Waals surface area contributed by atoms with E-state index in [9.17, 15) is 18.0 Å². The zero-order chi connectivity index (χ0) is 16.8. The number of hydrogen-bond donors (Lipinski definition) is 2. The van der Waals surface area contributed by atoms with E-state index in [1.54, 1.807) is 26.0 Å². The van der Waals surface area contributed by atoms with E-state index in [1.165, 1.54) is 12.1 Å². The average Bonchev–Trinajstić information content (AvgIpc) is 2.46. The van der Waals surface area contributed by atoms with Crippen LogP contribution in [0.5, 0.6) is 0 Å². The first kappa shape index (κ1) is 18.1. The summed E-state index contributed by atoms with van der Waals surface area (Å²) in [6, 6.07) is 5.96. The highest BCUT2D eigenvalue weighted by atomic mass is 32.2. The minimum atomic E-state index is -3.57. The van der Waals surface area contributed by atoms with Crippen LogP contribution in [-0.4, -0.2) is 50.4 Å². The summed E-state index contributed by atoms with van der Waals surface area (Å²) in [5.74, 6) is -1.64. The van der Waals surface area contributed by atoms with E-state index in [0.29, 0.717) is 0 Å². The smallest absolute Gasteiger partial charge is 0.329 e. The highest BCUT2D eigenvalue weighted by molar-refractivity contribution is 7.92. The second-order valence-corrected chi connectivity index (χ2v) is 7.26. The van der Waals surface area contributed by atoms with Crippen molar-refractivity contribution in [3.05, 3.63) is 29.8 Å². The Kier molecular flexibility index (Phi) is 6.51. The topological polar surface area (TPSA) is 110 Å². The molecule has 0 aromatic heterocycles. The van der Waals surface area contributed by atoms with Crippen molar-refractivity contribution < 1.29 is 27.9 Å². The fourth-order valence-electron chi connectivity index (χ4n) is 1.65. The summed E-state index contributed by atoms with van der Waals surface area (Å²) >= 11 is 0. The number of carbonyl (C=O) groups excluding carboxylic acids is 1. The van der Waals surface area contributed by atoms with Gasteiger partial charge in [0.05, 0.1) is 22.3 Å². The predicted molar refractivity (Wildman–Crippen MR) is 79.6 cm³/mol. The SMILES string of the molecule is CC(C)S(=O)(=O)c1ccccc1C(=O)NCCOCC(=O)O. The Morgan fingerprint density at radius 3 is 2.50 bits per heavy atom. The Morgan fingerprint density at radius 2 is 1.91 bits per heavy atom. The molecule has 7 nitrogen and oxygen atoms in total. The van der Waals surface area contributed by atoms with Crippen LogP contribution in [0.1, 0.15) is 24.2 Å². The fourth-order valence-corrected chi connectivity index (χ4v) is 2.89. The second kappa shape index (κ2) is 7.90. The number of carbonyl (C=O) groups is 2. The van der Waals surface area contributed by atoms with Gasteiger partial charge in [-0.25, -0.2) is 13.2 Å². The van der Waals surface area contributed by atoms with Gasteiger partial charge in [0.2, 0.25) is 0 Å². The fraction of sp³-hybridized carbons (Fsp3) is 0.429. The van der Waals surface area contributed by atoms with Gasteiger partial charge in [-0.3, -0.25) is 4.79 Å². The number of nitrogens with one attached hydrogen (secondary N) is 1. The lowest BCUT2D eigenvalue weighted by molar-refractivity contribution is -0.142. The first-order valence-electron chi connectivity index (χ1n) is 6.67. The lowest BCUT2D eigenvalue weighted by Crippen LogP contribution is -2.30. The van der Waals surface area contributed by atoms with Gasteiger partial charge in [-0.1, -0.05) is 12.1 Å². The van der Waals surface area contributed by atoms with Crippen LogP contribution in [-0.2, 0) is 19.4 Å². The number of ether oxygens (including phenoxy) is 1. The molecule has 1 aromatic rings. The first-order valence-corrected chi connectivity index (χ1v) is 8.22. The third-order valence-electron chi connectivity index (χ3n) is 2.82. The van der Waals surface area contributed by atoms with Crippen LogP contribution in [0.3, 0.4) is 0 Å². The van der Waals surface area contributed by atoms with E-state index in [2.05, 4.69) is 5.32 Å². The summed E-state index contributed by atoms with van der Waals surface area (Å²) in [5.41, 5.74) is 0.0643. The Bertz CT molecular complexity index is 638. The van der Waals surface area contributed by atoms with E-state index >= 15 is 0 Å². The number of amides is 1. The zero-order valence-electron chi connectivity index (χ0n) is 12.4. The Hall–Kier alpha value is -1.93. The van der Waals surface area contributed by atoms with Crippen LogP contribution < -0.4 is 5.32 Å². The molecule has 0 saturated carbocycles. The molecule has 0 aliphatic rings. The summed E-state index contributed by atoms with van der Waals surface area (Å²) in [4.78, 5) is 22.3. The van der Waals surface area contributed by atoms with Crippen molar-refractivity contribution in [1.29, 1.82) is 0 Å². The van der Waals surface area contributed by atoms with Crippen molar-refractivity contribution >= 4 is 21.7 Å². The van der Waals surface area contributed by atoms with Crippen LogP contribution in [0.2, 0.25) is 0 Å². The molecule has 0 fully saturated rings. The molecule has 1 amide bonds. The second-order valence-electron chi connectivity index (χ2n) is 4.79. The first-order chi connectivity index (χ1) is 10.3. The van der Waals surface area contributed by atoms with Crippen molar-refractivity contribution in [2.75, 3.05) is 19.8 Å². The van der Waals surface area contributed by atoms with Crippen LogP contribution in [0.15, 0.2) is 29.2 Å². The van der Waals surface area contributed by atoms with E-state index in [-0.39, 0.29) is 23.6 Å². The maximum atomic E-state index is 12.2. The molecular formula is C14H19NO6S. The molecule has 8 heteroatoms. The van der Waals surface area contributed by atoms with E-state index in [0.717, 1.165) is 0 Å². The predicted octanol–water partition coefficient (Wildman–Crippen LogP) is 0.700. The monoisotopic (exact) mass is 329 g/mol. The summed E-state index contributed by atoms with van der Waals surface area (Å²) in [6.45, 7) is 2.75. The van der Waals surface area contributed by atoms with Crippen LogP contribution in [0.25, 0.3) is 0 Å². The molecule has 0 aliphatic carbocycles. The summed E-state index contributed by atoms with van der Waals surface area (Å²) < 4.78 is 29.3. The summed E-state index contributed by atoms with van der Waals surface area (Å²) in [7, 11) is -3.57. The molecule has 22 heavy (non-hydrogen) atoms. The van der Waals surface area contributed by atoms with Crippen molar-refractivity contribution in [2.45, 2.75) is 24.0 Å². The van der Waals surface area contributed by atoms with Crippen molar-refractivity contribution in [2.24, 2.45) is 0 Å². The van der Waals surface area contributed by atoms with Gasteiger partial charge >= 0.3 is 5.97 Å². The van der Waals surface area contributed by atoms with Gasteiger partial charge in [0.1, 0.15) is 6.61 Å². The maximum absolute atomic E-state index is 12.2.